The number of hydrogen-bond donors (Lipinski definition) is 1. The van der Waals surface area contributed by atoms with Crippen molar-refractivity contribution in [2.75, 3.05) is 6.54 Å². The molecule has 0 bridgehead atoms. The van der Waals surface area contributed by atoms with Gasteiger partial charge in [-0.15, -0.1) is 0 Å². The molecule has 1 aliphatic rings. The predicted molar refractivity (Wildman–Crippen MR) is 97.7 cm³/mol. The van der Waals surface area contributed by atoms with Crippen LogP contribution >= 0.6 is 0 Å². The van der Waals surface area contributed by atoms with Gasteiger partial charge in [0, 0.05) is 42.9 Å². The van der Waals surface area contributed by atoms with Crippen molar-refractivity contribution in [3.05, 3.63) is 77.0 Å². The van der Waals surface area contributed by atoms with Gasteiger partial charge < -0.3 is 0 Å². The van der Waals surface area contributed by atoms with Gasteiger partial charge in [-0.05, 0) is 17.5 Å². The smallest absolute Gasteiger partial charge is 0.0968 e. The highest BCUT2D eigenvalue weighted by Crippen LogP contribution is 2.29. The highest BCUT2D eigenvalue weighted by atomic mass is 15.2. The SMILES string of the molecule is CCc1ccc(-c2n[nH]c3c2CN(Cc2ccccc2)CC3)cc1. The van der Waals surface area contributed by atoms with Gasteiger partial charge in [0.05, 0.1) is 5.69 Å². The zero-order valence-electron chi connectivity index (χ0n) is 14.1. The molecule has 0 unspecified atom stereocenters. The van der Waals surface area contributed by atoms with Gasteiger partial charge in [-0.3, -0.25) is 10.00 Å². The van der Waals surface area contributed by atoms with E-state index >= 15 is 0 Å². The normalized spacial score (nSPS) is 14.5. The van der Waals surface area contributed by atoms with Gasteiger partial charge in [0.25, 0.3) is 0 Å². The summed E-state index contributed by atoms with van der Waals surface area (Å²) in [6.07, 6.45) is 2.12. The molecular formula is C21H23N3. The largest absolute Gasteiger partial charge is 0.294 e. The van der Waals surface area contributed by atoms with Gasteiger partial charge >= 0.3 is 0 Å². The molecule has 2 aromatic carbocycles. The first-order chi connectivity index (χ1) is 11.8. The van der Waals surface area contributed by atoms with E-state index in [2.05, 4.69) is 76.6 Å². The zero-order chi connectivity index (χ0) is 16.4. The molecule has 0 spiro atoms. The van der Waals surface area contributed by atoms with E-state index in [1.165, 1.54) is 27.9 Å². The van der Waals surface area contributed by atoms with E-state index < -0.39 is 0 Å². The van der Waals surface area contributed by atoms with E-state index in [4.69, 9.17) is 0 Å². The van der Waals surface area contributed by atoms with Crippen LogP contribution < -0.4 is 0 Å². The van der Waals surface area contributed by atoms with Crippen LogP contribution in [0.1, 0.15) is 29.3 Å². The van der Waals surface area contributed by atoms with Crippen molar-refractivity contribution in [1.29, 1.82) is 0 Å². The molecule has 1 aliphatic heterocycles. The fraction of sp³-hybridized carbons (Fsp3) is 0.286. The standard InChI is InChI=1S/C21H23N3/c1-2-16-8-10-18(11-9-16)21-19-15-24(13-12-20(19)22-23-21)14-17-6-4-3-5-7-17/h3-11H,2,12-15H2,1H3,(H,22,23). The summed E-state index contributed by atoms with van der Waals surface area (Å²) < 4.78 is 0. The van der Waals surface area contributed by atoms with Gasteiger partial charge in [0.15, 0.2) is 0 Å². The Kier molecular flexibility index (Phi) is 4.18. The Labute approximate surface area is 143 Å². The molecule has 3 heteroatoms. The Hall–Kier alpha value is -2.39. The molecular weight excluding hydrogens is 294 g/mol. The minimum atomic E-state index is 0.964. The topological polar surface area (TPSA) is 31.9 Å². The third-order valence-corrected chi connectivity index (χ3v) is 4.90. The van der Waals surface area contributed by atoms with Crippen LogP contribution in [0.3, 0.4) is 0 Å². The highest BCUT2D eigenvalue weighted by Gasteiger charge is 2.22. The first kappa shape index (κ1) is 15.2. The number of rotatable bonds is 4. The van der Waals surface area contributed by atoms with Gasteiger partial charge in [0.1, 0.15) is 0 Å². The first-order valence-corrected chi connectivity index (χ1v) is 8.75. The number of H-pyrrole nitrogens is 1. The van der Waals surface area contributed by atoms with E-state index in [1.54, 1.807) is 0 Å². The second-order valence-electron chi connectivity index (χ2n) is 6.53. The van der Waals surface area contributed by atoms with Crippen LogP contribution in [0.25, 0.3) is 11.3 Å². The van der Waals surface area contributed by atoms with E-state index in [1.807, 2.05) is 0 Å². The molecule has 122 valence electrons. The molecule has 2 heterocycles. The van der Waals surface area contributed by atoms with Crippen LogP contribution in [-0.2, 0) is 25.9 Å². The maximum atomic E-state index is 4.61. The Morgan fingerprint density at radius 1 is 1.00 bits per heavy atom. The number of nitrogens with zero attached hydrogens (tertiary/aromatic N) is 2. The van der Waals surface area contributed by atoms with Gasteiger partial charge in [-0.1, -0.05) is 61.5 Å². The lowest BCUT2D eigenvalue weighted by molar-refractivity contribution is 0.245. The Balaban J connectivity index is 1.57. The summed E-state index contributed by atoms with van der Waals surface area (Å²) >= 11 is 0. The third kappa shape index (κ3) is 3.00. The van der Waals surface area contributed by atoms with E-state index in [0.717, 1.165) is 38.2 Å². The molecule has 1 aromatic heterocycles. The summed E-state index contributed by atoms with van der Waals surface area (Å²) in [5.74, 6) is 0. The fourth-order valence-corrected chi connectivity index (χ4v) is 3.46. The molecule has 0 fully saturated rings. The van der Waals surface area contributed by atoms with Crippen molar-refractivity contribution >= 4 is 0 Å². The molecule has 3 nitrogen and oxygen atoms in total. The number of nitrogens with one attached hydrogen (secondary N) is 1. The Morgan fingerprint density at radius 2 is 1.79 bits per heavy atom. The van der Waals surface area contributed by atoms with Gasteiger partial charge in [-0.25, -0.2) is 0 Å². The molecule has 0 radical (unpaired) electrons. The van der Waals surface area contributed by atoms with Gasteiger partial charge in [-0.2, -0.15) is 5.10 Å². The fourth-order valence-electron chi connectivity index (χ4n) is 3.46. The van der Waals surface area contributed by atoms with Crippen LogP contribution in [-0.4, -0.2) is 21.6 Å². The van der Waals surface area contributed by atoms with Crippen molar-refractivity contribution in [2.24, 2.45) is 0 Å². The lowest BCUT2D eigenvalue weighted by Crippen LogP contribution is -2.29. The van der Waals surface area contributed by atoms with Crippen LogP contribution in [0.2, 0.25) is 0 Å². The quantitative estimate of drug-likeness (QED) is 0.782. The summed E-state index contributed by atoms with van der Waals surface area (Å²) in [4.78, 5) is 2.51. The van der Waals surface area contributed by atoms with E-state index in [0.29, 0.717) is 0 Å². The molecule has 0 atom stereocenters. The summed E-state index contributed by atoms with van der Waals surface area (Å²) in [5.41, 5.74) is 7.74. The lowest BCUT2D eigenvalue weighted by Gasteiger charge is -2.27. The average Bonchev–Trinajstić information content (AvgIpc) is 3.06. The number of aromatic amines is 1. The number of aromatic nitrogens is 2. The van der Waals surface area contributed by atoms with Crippen LogP contribution in [0, 0.1) is 0 Å². The minimum absolute atomic E-state index is 0.964. The molecule has 0 aliphatic carbocycles. The molecule has 0 saturated heterocycles. The van der Waals surface area contributed by atoms with Crippen molar-refractivity contribution < 1.29 is 0 Å². The maximum absolute atomic E-state index is 4.61. The highest BCUT2D eigenvalue weighted by molar-refractivity contribution is 5.64. The Bertz CT molecular complexity index is 803. The monoisotopic (exact) mass is 317 g/mol. The van der Waals surface area contributed by atoms with Crippen LogP contribution in [0.15, 0.2) is 54.6 Å². The first-order valence-electron chi connectivity index (χ1n) is 8.75. The summed E-state index contributed by atoms with van der Waals surface area (Å²) in [6, 6.07) is 19.5. The van der Waals surface area contributed by atoms with E-state index in [-0.39, 0.29) is 0 Å². The number of benzene rings is 2. The molecule has 4 rings (SSSR count). The van der Waals surface area contributed by atoms with Crippen LogP contribution in [0.5, 0.6) is 0 Å². The Morgan fingerprint density at radius 3 is 2.54 bits per heavy atom. The molecule has 0 saturated carbocycles. The van der Waals surface area contributed by atoms with Crippen molar-refractivity contribution in [3.8, 4) is 11.3 Å². The second kappa shape index (κ2) is 6.62. The average molecular weight is 317 g/mol. The van der Waals surface area contributed by atoms with Crippen molar-refractivity contribution in [2.45, 2.75) is 32.9 Å². The summed E-state index contributed by atoms with van der Waals surface area (Å²) in [6.45, 7) is 5.23. The summed E-state index contributed by atoms with van der Waals surface area (Å²) in [5, 5.41) is 7.87. The van der Waals surface area contributed by atoms with Crippen LogP contribution in [0.4, 0.5) is 0 Å². The number of aryl methyl sites for hydroxylation is 1. The predicted octanol–water partition coefficient (Wildman–Crippen LogP) is 4.20. The third-order valence-electron chi connectivity index (χ3n) is 4.90. The number of fused-ring (bicyclic) bond motifs is 1. The molecule has 0 amide bonds. The zero-order valence-corrected chi connectivity index (χ0v) is 14.1. The lowest BCUT2D eigenvalue weighted by atomic mass is 9.99. The molecule has 24 heavy (non-hydrogen) atoms. The maximum Gasteiger partial charge on any atom is 0.0968 e. The summed E-state index contributed by atoms with van der Waals surface area (Å²) in [7, 11) is 0. The molecule has 3 aromatic rings. The number of hydrogen-bond acceptors (Lipinski definition) is 2. The van der Waals surface area contributed by atoms with E-state index in [9.17, 15) is 0 Å². The van der Waals surface area contributed by atoms with Gasteiger partial charge in [0.2, 0.25) is 0 Å². The second-order valence-corrected chi connectivity index (χ2v) is 6.53. The molecule has 1 N–H and O–H groups in total. The van der Waals surface area contributed by atoms with Crippen molar-refractivity contribution in [3.63, 3.8) is 0 Å². The minimum Gasteiger partial charge on any atom is -0.294 e. The van der Waals surface area contributed by atoms with Crippen molar-refractivity contribution in [1.82, 2.24) is 15.1 Å².